The van der Waals surface area contributed by atoms with Gasteiger partial charge in [0.25, 0.3) is 0 Å². The Bertz CT molecular complexity index is 986. The van der Waals surface area contributed by atoms with Gasteiger partial charge in [-0.15, -0.1) is 0 Å². The number of rotatable bonds is 6. The summed E-state index contributed by atoms with van der Waals surface area (Å²) in [6.07, 6.45) is 3.50. The topological polar surface area (TPSA) is 90.5 Å². The van der Waals surface area contributed by atoms with Crippen LogP contribution < -0.4 is 10.1 Å². The van der Waals surface area contributed by atoms with Crippen molar-refractivity contribution in [1.82, 2.24) is 15.1 Å². The quantitative estimate of drug-likeness (QED) is 0.581. The Morgan fingerprint density at radius 2 is 2.10 bits per heavy atom. The molecule has 0 spiro atoms. The van der Waals surface area contributed by atoms with Crippen molar-refractivity contribution in [2.24, 2.45) is 5.92 Å². The van der Waals surface area contributed by atoms with Crippen LogP contribution in [0.3, 0.4) is 0 Å². The summed E-state index contributed by atoms with van der Waals surface area (Å²) in [6, 6.07) is 14.9. The van der Waals surface area contributed by atoms with E-state index < -0.39 is 0 Å². The molecule has 1 unspecified atom stereocenters. The molecule has 1 aromatic heterocycles. The fourth-order valence-corrected chi connectivity index (χ4v) is 3.94. The van der Waals surface area contributed by atoms with Gasteiger partial charge in [-0.25, -0.2) is 0 Å². The molecule has 1 amide bonds. The predicted molar refractivity (Wildman–Crippen MR) is 115 cm³/mol. The number of aromatic nitrogens is 2. The maximum absolute atomic E-state index is 12.8. The highest BCUT2D eigenvalue weighted by molar-refractivity contribution is 5.93. The number of carbonyl (C=O) groups is 1. The Hall–Kier alpha value is -3.32. The van der Waals surface area contributed by atoms with E-state index in [1.54, 1.807) is 25.4 Å². The van der Waals surface area contributed by atoms with Crippen LogP contribution in [0, 0.1) is 5.92 Å². The monoisotopic (exact) mass is 406 g/mol. The second-order valence-electron chi connectivity index (χ2n) is 7.57. The van der Waals surface area contributed by atoms with Crippen LogP contribution in [0.5, 0.6) is 11.5 Å². The van der Waals surface area contributed by atoms with Gasteiger partial charge in [0.15, 0.2) is 0 Å². The summed E-state index contributed by atoms with van der Waals surface area (Å²) in [7, 11) is 1.60. The Balaban J connectivity index is 1.38. The third-order valence-electron chi connectivity index (χ3n) is 5.55. The van der Waals surface area contributed by atoms with Crippen molar-refractivity contribution in [3.05, 3.63) is 60.3 Å². The smallest absolute Gasteiger partial charge is 0.228 e. The van der Waals surface area contributed by atoms with Crippen LogP contribution in [0.1, 0.15) is 18.4 Å². The lowest BCUT2D eigenvalue weighted by Crippen LogP contribution is -2.40. The number of phenolic OH excluding ortho intramolecular Hbond substituents is 1. The minimum Gasteiger partial charge on any atom is -0.507 e. The van der Waals surface area contributed by atoms with Crippen molar-refractivity contribution in [2.75, 3.05) is 25.5 Å². The molecule has 1 aliphatic heterocycles. The molecule has 0 radical (unpaired) electrons. The van der Waals surface area contributed by atoms with E-state index in [2.05, 4.69) is 20.4 Å². The molecule has 1 atom stereocenters. The highest BCUT2D eigenvalue weighted by Crippen LogP contribution is 2.30. The average molecular weight is 406 g/mol. The third-order valence-corrected chi connectivity index (χ3v) is 5.55. The SMILES string of the molecule is COc1cccc(O)c1CN1CCCC(C(=O)Nc2ccc(-c3ccn[nH]3)cc2)C1. The van der Waals surface area contributed by atoms with Crippen LogP contribution in [0.4, 0.5) is 5.69 Å². The van der Waals surface area contributed by atoms with Gasteiger partial charge in [0.1, 0.15) is 11.5 Å². The zero-order chi connectivity index (χ0) is 20.9. The second-order valence-corrected chi connectivity index (χ2v) is 7.57. The first-order chi connectivity index (χ1) is 14.6. The highest BCUT2D eigenvalue weighted by Gasteiger charge is 2.27. The number of aromatic hydroxyl groups is 1. The molecule has 0 bridgehead atoms. The van der Waals surface area contributed by atoms with E-state index in [4.69, 9.17) is 4.74 Å². The number of carbonyl (C=O) groups excluding carboxylic acids is 1. The number of hydrogen-bond acceptors (Lipinski definition) is 5. The summed E-state index contributed by atoms with van der Waals surface area (Å²) in [5.74, 6) is 0.818. The Morgan fingerprint density at radius 1 is 1.27 bits per heavy atom. The van der Waals surface area contributed by atoms with E-state index in [1.807, 2.05) is 36.4 Å². The zero-order valence-corrected chi connectivity index (χ0v) is 17.0. The maximum Gasteiger partial charge on any atom is 0.228 e. The van der Waals surface area contributed by atoms with Gasteiger partial charge in [-0.2, -0.15) is 5.10 Å². The summed E-state index contributed by atoms with van der Waals surface area (Å²) in [5, 5.41) is 20.2. The van der Waals surface area contributed by atoms with Crippen molar-refractivity contribution in [2.45, 2.75) is 19.4 Å². The van der Waals surface area contributed by atoms with Gasteiger partial charge in [-0.05, 0) is 55.3 Å². The second kappa shape index (κ2) is 9.00. The fourth-order valence-electron chi connectivity index (χ4n) is 3.94. The number of aromatic amines is 1. The molecule has 4 rings (SSSR count). The number of methoxy groups -OCH3 is 1. The molecule has 3 N–H and O–H groups in total. The minimum absolute atomic E-state index is 0.0261. The molecule has 0 aliphatic carbocycles. The van der Waals surface area contributed by atoms with E-state index in [-0.39, 0.29) is 17.6 Å². The number of piperidine rings is 1. The molecule has 156 valence electrons. The van der Waals surface area contributed by atoms with Gasteiger partial charge in [-0.1, -0.05) is 18.2 Å². The summed E-state index contributed by atoms with van der Waals surface area (Å²) >= 11 is 0. The molecule has 7 heteroatoms. The Labute approximate surface area is 175 Å². The van der Waals surface area contributed by atoms with Crippen molar-refractivity contribution in [1.29, 1.82) is 0 Å². The normalized spacial score (nSPS) is 16.9. The van der Waals surface area contributed by atoms with E-state index in [0.29, 0.717) is 18.8 Å². The molecular formula is C23H26N4O3. The fraction of sp³-hybridized carbons (Fsp3) is 0.304. The molecular weight excluding hydrogens is 380 g/mol. The minimum atomic E-state index is -0.0946. The first-order valence-electron chi connectivity index (χ1n) is 10.1. The Morgan fingerprint density at radius 3 is 2.83 bits per heavy atom. The van der Waals surface area contributed by atoms with Crippen molar-refractivity contribution in [3.63, 3.8) is 0 Å². The first-order valence-corrected chi connectivity index (χ1v) is 10.1. The van der Waals surface area contributed by atoms with Gasteiger partial charge in [0.2, 0.25) is 5.91 Å². The van der Waals surface area contributed by atoms with Gasteiger partial charge in [0.05, 0.1) is 18.7 Å². The van der Waals surface area contributed by atoms with E-state index >= 15 is 0 Å². The molecule has 1 saturated heterocycles. The maximum atomic E-state index is 12.8. The molecule has 1 aliphatic rings. The number of anilines is 1. The third kappa shape index (κ3) is 4.46. The van der Waals surface area contributed by atoms with Gasteiger partial charge in [0, 0.05) is 30.5 Å². The van der Waals surface area contributed by atoms with Gasteiger partial charge >= 0.3 is 0 Å². The van der Waals surface area contributed by atoms with Crippen molar-refractivity contribution >= 4 is 11.6 Å². The Kier molecular flexibility index (Phi) is 5.99. The molecule has 1 fully saturated rings. The number of benzene rings is 2. The molecule has 3 aromatic rings. The summed E-state index contributed by atoms with van der Waals surface area (Å²) in [6.45, 7) is 2.09. The molecule has 30 heavy (non-hydrogen) atoms. The van der Waals surface area contributed by atoms with Gasteiger partial charge < -0.3 is 15.2 Å². The van der Waals surface area contributed by atoms with Crippen LogP contribution in [0.25, 0.3) is 11.3 Å². The number of hydrogen-bond donors (Lipinski definition) is 3. The van der Waals surface area contributed by atoms with Crippen LogP contribution in [-0.2, 0) is 11.3 Å². The van der Waals surface area contributed by atoms with E-state index in [9.17, 15) is 9.90 Å². The summed E-state index contributed by atoms with van der Waals surface area (Å²) in [5.41, 5.74) is 3.50. The number of nitrogens with zero attached hydrogens (tertiary/aromatic N) is 2. The standard InChI is InChI=1S/C23H26N4O3/c1-30-22-6-2-5-21(28)19(22)15-27-13-3-4-17(14-27)23(29)25-18-9-7-16(8-10-18)20-11-12-24-26-20/h2,5-12,17,28H,3-4,13-15H2,1H3,(H,24,26)(H,25,29). The lowest BCUT2D eigenvalue weighted by Gasteiger charge is -2.32. The van der Waals surface area contributed by atoms with Crippen LogP contribution in [0.15, 0.2) is 54.7 Å². The molecule has 2 aromatic carbocycles. The highest BCUT2D eigenvalue weighted by atomic mass is 16.5. The van der Waals surface area contributed by atoms with Crippen LogP contribution >= 0.6 is 0 Å². The number of ether oxygens (including phenoxy) is 1. The lowest BCUT2D eigenvalue weighted by atomic mass is 9.96. The molecule has 7 nitrogen and oxygen atoms in total. The number of phenols is 1. The van der Waals surface area contributed by atoms with E-state index in [1.165, 1.54) is 0 Å². The van der Waals surface area contributed by atoms with Crippen LogP contribution in [-0.4, -0.2) is 46.3 Å². The van der Waals surface area contributed by atoms with Gasteiger partial charge in [-0.3, -0.25) is 14.8 Å². The average Bonchev–Trinajstić information content (AvgIpc) is 3.31. The molecule has 2 heterocycles. The number of likely N-dealkylation sites (tertiary alicyclic amines) is 1. The summed E-state index contributed by atoms with van der Waals surface area (Å²) < 4.78 is 5.39. The molecule has 0 saturated carbocycles. The lowest BCUT2D eigenvalue weighted by molar-refractivity contribution is -0.121. The van der Waals surface area contributed by atoms with E-state index in [0.717, 1.165) is 41.9 Å². The predicted octanol–water partition coefficient (Wildman–Crippen LogP) is 3.64. The zero-order valence-electron chi connectivity index (χ0n) is 17.0. The summed E-state index contributed by atoms with van der Waals surface area (Å²) in [4.78, 5) is 15.0. The van der Waals surface area contributed by atoms with Crippen LogP contribution in [0.2, 0.25) is 0 Å². The largest absolute Gasteiger partial charge is 0.507 e. The first kappa shape index (κ1) is 20.0. The number of amides is 1. The van der Waals surface area contributed by atoms with Crippen molar-refractivity contribution < 1.29 is 14.6 Å². The number of nitrogens with one attached hydrogen (secondary N) is 2. The number of H-pyrrole nitrogens is 1. The van der Waals surface area contributed by atoms with Crippen molar-refractivity contribution in [3.8, 4) is 22.8 Å².